The predicted molar refractivity (Wildman–Crippen MR) is 37.3 cm³/mol. The van der Waals surface area contributed by atoms with Crippen molar-refractivity contribution in [3.63, 3.8) is 0 Å². The highest BCUT2D eigenvalue weighted by molar-refractivity contribution is 5.91. The Labute approximate surface area is 60.1 Å². The molecule has 0 spiro atoms. The number of hydrogen-bond donors (Lipinski definition) is 1. The highest BCUT2D eigenvalue weighted by Gasteiger charge is 2.19. The molecule has 0 radical (unpaired) electrons. The number of hydrogen-bond acceptors (Lipinski definition) is 2. The number of carbonyl (C=O) groups is 1. The second-order valence-corrected chi connectivity index (χ2v) is 2.21. The smallest absolute Gasteiger partial charge is 0.248 e. The Balaban J connectivity index is 2.56. The molecule has 0 aromatic heterocycles. The van der Waals surface area contributed by atoms with E-state index in [0.717, 1.165) is 5.76 Å². The fourth-order valence-electron chi connectivity index (χ4n) is 0.914. The third kappa shape index (κ3) is 1.29. The van der Waals surface area contributed by atoms with Crippen LogP contribution in [0.5, 0.6) is 0 Å². The molecule has 1 rings (SSSR count). The maximum absolute atomic E-state index is 10.7. The van der Waals surface area contributed by atoms with Crippen molar-refractivity contribution in [2.75, 3.05) is 6.61 Å². The van der Waals surface area contributed by atoms with Crippen molar-refractivity contribution in [2.24, 2.45) is 0 Å². The van der Waals surface area contributed by atoms with Crippen LogP contribution in [0.4, 0.5) is 0 Å². The molecule has 1 aliphatic rings. The predicted octanol–water partition coefficient (Wildman–Crippen LogP) is 0.425. The summed E-state index contributed by atoms with van der Waals surface area (Å²) in [6, 6.07) is 0.0486. The summed E-state index contributed by atoms with van der Waals surface area (Å²) in [5.74, 6) is 0.684. The lowest BCUT2D eigenvalue weighted by molar-refractivity contribution is -0.116. The van der Waals surface area contributed by atoms with Gasteiger partial charge in [0.2, 0.25) is 5.91 Å². The van der Waals surface area contributed by atoms with Crippen molar-refractivity contribution in [3.8, 4) is 0 Å². The van der Waals surface area contributed by atoms with Gasteiger partial charge in [-0.25, -0.2) is 0 Å². The molecule has 3 nitrogen and oxygen atoms in total. The second-order valence-electron chi connectivity index (χ2n) is 2.21. The van der Waals surface area contributed by atoms with Gasteiger partial charge >= 0.3 is 0 Å². The van der Waals surface area contributed by atoms with Crippen LogP contribution in [0.25, 0.3) is 0 Å². The summed E-state index contributed by atoms with van der Waals surface area (Å²) in [6.07, 6.45) is 1.49. The monoisotopic (exact) mass is 141 g/mol. The van der Waals surface area contributed by atoms with Crippen LogP contribution in [0.1, 0.15) is 13.8 Å². The lowest BCUT2D eigenvalue weighted by atomic mass is 10.3. The zero-order valence-corrected chi connectivity index (χ0v) is 6.18. The number of rotatable bonds is 2. The highest BCUT2D eigenvalue weighted by Crippen LogP contribution is 2.09. The minimum Gasteiger partial charge on any atom is -0.496 e. The number of amides is 1. The maximum Gasteiger partial charge on any atom is 0.248 e. The van der Waals surface area contributed by atoms with Gasteiger partial charge in [-0.15, -0.1) is 0 Å². The van der Waals surface area contributed by atoms with Gasteiger partial charge in [-0.05, 0) is 13.8 Å². The van der Waals surface area contributed by atoms with E-state index in [4.69, 9.17) is 4.74 Å². The van der Waals surface area contributed by atoms with Crippen LogP contribution in [0.3, 0.4) is 0 Å². The van der Waals surface area contributed by atoms with Gasteiger partial charge in [-0.1, -0.05) is 0 Å². The third-order valence-electron chi connectivity index (χ3n) is 1.37. The molecule has 0 bridgehead atoms. The maximum atomic E-state index is 10.7. The van der Waals surface area contributed by atoms with Crippen molar-refractivity contribution < 1.29 is 9.53 Å². The summed E-state index contributed by atoms with van der Waals surface area (Å²) in [5.41, 5.74) is 0. The molecular formula is C7H11NO2. The average Bonchev–Trinajstić information content (AvgIpc) is 2.13. The molecular weight excluding hydrogens is 130 g/mol. The number of ether oxygens (including phenoxy) is 1. The summed E-state index contributed by atoms with van der Waals surface area (Å²) in [5, 5.41) is 2.70. The Morgan fingerprint density at radius 2 is 2.50 bits per heavy atom. The summed E-state index contributed by atoms with van der Waals surface area (Å²) in [7, 11) is 0. The van der Waals surface area contributed by atoms with E-state index in [9.17, 15) is 4.79 Å². The Morgan fingerprint density at radius 1 is 1.80 bits per heavy atom. The van der Waals surface area contributed by atoms with Crippen LogP contribution in [-0.4, -0.2) is 18.6 Å². The first-order chi connectivity index (χ1) is 4.74. The van der Waals surface area contributed by atoms with Gasteiger partial charge in [-0.3, -0.25) is 4.79 Å². The molecule has 0 fully saturated rings. The van der Waals surface area contributed by atoms with Crippen molar-refractivity contribution in [1.82, 2.24) is 5.32 Å². The van der Waals surface area contributed by atoms with Gasteiger partial charge in [0.05, 0.1) is 12.6 Å². The molecule has 0 aromatic carbocycles. The van der Waals surface area contributed by atoms with E-state index in [0.29, 0.717) is 6.61 Å². The minimum atomic E-state index is -0.0593. The Bertz CT molecular complexity index is 174. The van der Waals surface area contributed by atoms with Gasteiger partial charge in [-0.2, -0.15) is 0 Å². The zero-order valence-electron chi connectivity index (χ0n) is 6.18. The van der Waals surface area contributed by atoms with Crippen molar-refractivity contribution in [3.05, 3.63) is 11.8 Å². The molecule has 0 saturated heterocycles. The molecule has 0 aromatic rings. The zero-order chi connectivity index (χ0) is 7.56. The van der Waals surface area contributed by atoms with Gasteiger partial charge in [0.15, 0.2) is 0 Å². The Hall–Kier alpha value is -0.990. The van der Waals surface area contributed by atoms with E-state index in [2.05, 4.69) is 5.32 Å². The third-order valence-corrected chi connectivity index (χ3v) is 1.37. The lowest BCUT2D eigenvalue weighted by Crippen LogP contribution is -2.25. The topological polar surface area (TPSA) is 38.3 Å². The first-order valence-corrected chi connectivity index (χ1v) is 3.39. The Kier molecular flexibility index (Phi) is 1.94. The van der Waals surface area contributed by atoms with E-state index in [1.807, 2.05) is 13.8 Å². The summed E-state index contributed by atoms with van der Waals surface area (Å²) in [6.45, 7) is 4.41. The Morgan fingerprint density at radius 3 is 2.90 bits per heavy atom. The number of carbonyl (C=O) groups excluding carboxylic acids is 1. The van der Waals surface area contributed by atoms with Gasteiger partial charge in [0.1, 0.15) is 5.76 Å². The highest BCUT2D eigenvalue weighted by atomic mass is 16.5. The van der Waals surface area contributed by atoms with Gasteiger partial charge in [0.25, 0.3) is 0 Å². The van der Waals surface area contributed by atoms with E-state index in [-0.39, 0.29) is 11.9 Å². The fraction of sp³-hybridized carbons (Fsp3) is 0.571. The number of nitrogens with one attached hydrogen (secondary N) is 1. The molecule has 56 valence electrons. The molecule has 1 N–H and O–H groups in total. The van der Waals surface area contributed by atoms with Crippen LogP contribution < -0.4 is 5.32 Å². The molecule has 0 saturated carbocycles. The fourth-order valence-corrected chi connectivity index (χ4v) is 0.914. The summed E-state index contributed by atoms with van der Waals surface area (Å²) < 4.78 is 5.16. The van der Waals surface area contributed by atoms with Crippen LogP contribution in [-0.2, 0) is 9.53 Å². The normalized spacial score (nSPS) is 24.0. The minimum absolute atomic E-state index is 0.0486. The summed E-state index contributed by atoms with van der Waals surface area (Å²) in [4.78, 5) is 10.7. The molecule has 1 amide bonds. The van der Waals surface area contributed by atoms with Crippen LogP contribution >= 0.6 is 0 Å². The largest absolute Gasteiger partial charge is 0.496 e. The lowest BCUT2D eigenvalue weighted by Gasteiger charge is -2.08. The van der Waals surface area contributed by atoms with E-state index in [1.165, 1.54) is 6.08 Å². The molecule has 1 atom stereocenters. The van der Waals surface area contributed by atoms with Crippen LogP contribution in [0.15, 0.2) is 11.8 Å². The first-order valence-electron chi connectivity index (χ1n) is 3.39. The van der Waals surface area contributed by atoms with Gasteiger partial charge in [0, 0.05) is 6.08 Å². The second kappa shape index (κ2) is 2.73. The molecule has 0 unspecified atom stereocenters. The van der Waals surface area contributed by atoms with Gasteiger partial charge < -0.3 is 10.1 Å². The standard InChI is InChI=1S/C7H11NO2/c1-3-10-6-4-7(9)8-5(6)2/h4-5H,3H2,1-2H3,(H,8,9)/t5-/m0/s1. The molecule has 10 heavy (non-hydrogen) atoms. The van der Waals surface area contributed by atoms with Crippen molar-refractivity contribution in [1.29, 1.82) is 0 Å². The van der Waals surface area contributed by atoms with Crippen LogP contribution in [0.2, 0.25) is 0 Å². The molecule has 0 aliphatic carbocycles. The molecule has 3 heteroatoms. The molecule has 1 heterocycles. The van der Waals surface area contributed by atoms with Crippen LogP contribution in [0, 0.1) is 0 Å². The van der Waals surface area contributed by atoms with E-state index < -0.39 is 0 Å². The first kappa shape index (κ1) is 7.12. The SMILES string of the molecule is CCOC1=CC(=O)N[C@H]1C. The summed E-state index contributed by atoms with van der Waals surface area (Å²) >= 11 is 0. The van der Waals surface area contributed by atoms with E-state index >= 15 is 0 Å². The molecule has 1 aliphatic heterocycles. The van der Waals surface area contributed by atoms with Crippen molar-refractivity contribution >= 4 is 5.91 Å². The van der Waals surface area contributed by atoms with E-state index in [1.54, 1.807) is 0 Å². The quantitative estimate of drug-likeness (QED) is 0.605. The van der Waals surface area contributed by atoms with Crippen molar-refractivity contribution in [2.45, 2.75) is 19.9 Å². The average molecular weight is 141 g/mol.